The number of anilines is 1. The van der Waals surface area contributed by atoms with E-state index in [4.69, 9.17) is 15.2 Å². The molecule has 0 spiro atoms. The third-order valence-corrected chi connectivity index (χ3v) is 5.45. The number of imidazole rings is 1. The number of fused-ring (bicyclic) bond motifs is 1. The standard InChI is InChI=1S/C24H30FN7O3.C2H6/c1-15-13-32-14-16(12-17(25)21(32)27-15)20(26)28-19-7-6-18(22(29-19)34-5)30-8-10-31(11-9-30)23(33)35-24(2,3)4;1-2/h6-7,12-14H,8-11H2,1-5H3,(H2,26,28,29);1-2H3. The van der Waals surface area contributed by atoms with Crippen molar-refractivity contribution in [1.29, 1.82) is 0 Å². The summed E-state index contributed by atoms with van der Waals surface area (Å²) in [5, 5.41) is 0. The van der Waals surface area contributed by atoms with Gasteiger partial charge in [-0.15, -0.1) is 0 Å². The molecule has 200 valence electrons. The SMILES string of the molecule is CC.COc1nc(N=C(N)c2cc(F)c3nc(C)cn3c2)ccc1N1CCN(C(=O)OC(C)(C)C)CC1. The molecule has 1 aliphatic heterocycles. The third-order valence-electron chi connectivity index (χ3n) is 5.45. The number of methoxy groups -OCH3 is 1. The molecule has 1 saturated heterocycles. The van der Waals surface area contributed by atoms with Crippen LogP contribution in [0.1, 0.15) is 45.9 Å². The van der Waals surface area contributed by atoms with Crippen LogP contribution in [0.4, 0.5) is 20.7 Å². The lowest BCUT2D eigenvalue weighted by Gasteiger charge is -2.36. The number of halogens is 1. The van der Waals surface area contributed by atoms with E-state index in [-0.39, 0.29) is 17.6 Å². The minimum absolute atomic E-state index is 0.116. The van der Waals surface area contributed by atoms with E-state index in [0.717, 1.165) is 5.69 Å². The lowest BCUT2D eigenvalue weighted by atomic mass is 10.2. The Bertz CT molecular complexity index is 1280. The maximum Gasteiger partial charge on any atom is 0.410 e. The Morgan fingerprint density at radius 1 is 1.11 bits per heavy atom. The molecule has 0 aliphatic carbocycles. The van der Waals surface area contributed by atoms with E-state index in [1.165, 1.54) is 13.2 Å². The van der Waals surface area contributed by atoms with Crippen molar-refractivity contribution >= 4 is 29.1 Å². The number of aryl methyl sites for hydroxylation is 1. The molecule has 10 nitrogen and oxygen atoms in total. The van der Waals surface area contributed by atoms with E-state index < -0.39 is 11.4 Å². The second-order valence-electron chi connectivity index (χ2n) is 9.34. The average molecular weight is 514 g/mol. The monoisotopic (exact) mass is 513 g/mol. The molecule has 37 heavy (non-hydrogen) atoms. The van der Waals surface area contributed by atoms with Gasteiger partial charge in [-0.2, -0.15) is 4.98 Å². The molecule has 0 atom stereocenters. The van der Waals surface area contributed by atoms with Crippen molar-refractivity contribution in [3.63, 3.8) is 0 Å². The van der Waals surface area contributed by atoms with E-state index in [9.17, 15) is 9.18 Å². The molecule has 4 rings (SSSR count). The average Bonchev–Trinajstić information content (AvgIpc) is 3.25. The van der Waals surface area contributed by atoms with Gasteiger partial charge in [0.25, 0.3) is 0 Å². The summed E-state index contributed by atoms with van der Waals surface area (Å²) in [4.78, 5) is 29.1. The van der Waals surface area contributed by atoms with Gasteiger partial charge in [-0.3, -0.25) is 0 Å². The first-order chi connectivity index (χ1) is 17.5. The van der Waals surface area contributed by atoms with Crippen molar-refractivity contribution in [2.75, 3.05) is 38.2 Å². The van der Waals surface area contributed by atoms with Gasteiger partial charge in [-0.05, 0) is 45.9 Å². The number of carbonyl (C=O) groups excluding carboxylic acids is 1. The second-order valence-corrected chi connectivity index (χ2v) is 9.34. The van der Waals surface area contributed by atoms with Crippen LogP contribution in [0.25, 0.3) is 5.65 Å². The fraction of sp³-hybridized carbons (Fsp3) is 0.462. The molecule has 0 saturated carbocycles. The van der Waals surface area contributed by atoms with Crippen molar-refractivity contribution < 1.29 is 18.7 Å². The topological polar surface area (TPSA) is 111 Å². The summed E-state index contributed by atoms with van der Waals surface area (Å²) in [7, 11) is 1.53. The van der Waals surface area contributed by atoms with Gasteiger partial charge in [0.05, 0.1) is 12.8 Å². The highest BCUT2D eigenvalue weighted by molar-refractivity contribution is 5.99. The number of nitrogens with zero attached hydrogens (tertiary/aromatic N) is 6. The number of nitrogens with two attached hydrogens (primary N) is 1. The fourth-order valence-corrected chi connectivity index (χ4v) is 3.84. The van der Waals surface area contributed by atoms with Crippen LogP contribution in [0.5, 0.6) is 5.88 Å². The van der Waals surface area contributed by atoms with Gasteiger partial charge in [0.1, 0.15) is 17.1 Å². The van der Waals surface area contributed by atoms with Crippen LogP contribution in [0.15, 0.2) is 35.6 Å². The molecule has 0 unspecified atom stereocenters. The Kier molecular flexibility index (Phi) is 8.57. The van der Waals surface area contributed by atoms with Crippen molar-refractivity contribution in [2.24, 2.45) is 10.7 Å². The number of aromatic nitrogens is 3. The number of piperazine rings is 1. The molecule has 3 aromatic heterocycles. The molecule has 0 aromatic carbocycles. The van der Waals surface area contributed by atoms with Crippen LogP contribution in [-0.4, -0.2) is 70.1 Å². The van der Waals surface area contributed by atoms with Crippen LogP contribution in [0, 0.1) is 12.7 Å². The van der Waals surface area contributed by atoms with Crippen molar-refractivity contribution in [3.05, 3.63) is 47.7 Å². The summed E-state index contributed by atoms with van der Waals surface area (Å²) in [6.07, 6.45) is 3.07. The number of amides is 1. The summed E-state index contributed by atoms with van der Waals surface area (Å²) in [6, 6.07) is 4.88. The van der Waals surface area contributed by atoms with Gasteiger partial charge in [-0.1, -0.05) is 13.8 Å². The number of aliphatic imine (C=N–C) groups is 1. The van der Waals surface area contributed by atoms with E-state index in [0.29, 0.717) is 49.1 Å². The molecule has 0 bridgehead atoms. The molecular weight excluding hydrogens is 477 g/mol. The Morgan fingerprint density at radius 3 is 2.41 bits per heavy atom. The number of amidine groups is 1. The number of hydrogen-bond acceptors (Lipinski definition) is 7. The van der Waals surface area contributed by atoms with E-state index in [1.54, 1.807) is 34.7 Å². The summed E-state index contributed by atoms with van der Waals surface area (Å²) < 4.78 is 27.0. The van der Waals surface area contributed by atoms with Gasteiger partial charge < -0.3 is 29.4 Å². The zero-order valence-electron chi connectivity index (χ0n) is 22.6. The van der Waals surface area contributed by atoms with Crippen molar-refractivity contribution in [1.82, 2.24) is 19.3 Å². The Balaban J connectivity index is 0.00000186. The fourth-order valence-electron chi connectivity index (χ4n) is 3.84. The van der Waals surface area contributed by atoms with Crippen LogP contribution < -0.4 is 15.4 Å². The van der Waals surface area contributed by atoms with E-state index >= 15 is 0 Å². The summed E-state index contributed by atoms with van der Waals surface area (Å²) in [5.74, 6) is 0.347. The second kappa shape index (κ2) is 11.4. The Morgan fingerprint density at radius 2 is 1.78 bits per heavy atom. The van der Waals surface area contributed by atoms with Gasteiger partial charge in [-0.25, -0.2) is 19.2 Å². The zero-order valence-corrected chi connectivity index (χ0v) is 22.6. The summed E-state index contributed by atoms with van der Waals surface area (Å²) >= 11 is 0. The van der Waals surface area contributed by atoms with E-state index in [2.05, 4.69) is 19.9 Å². The van der Waals surface area contributed by atoms with Gasteiger partial charge in [0.2, 0.25) is 5.88 Å². The van der Waals surface area contributed by atoms with Gasteiger partial charge >= 0.3 is 6.09 Å². The minimum Gasteiger partial charge on any atom is -0.479 e. The molecule has 3 aromatic rings. The third kappa shape index (κ3) is 6.66. The smallest absolute Gasteiger partial charge is 0.410 e. The summed E-state index contributed by atoms with van der Waals surface area (Å²) in [5.41, 5.74) is 7.76. The molecule has 0 radical (unpaired) electrons. The molecular formula is C26H36FN7O3. The largest absolute Gasteiger partial charge is 0.479 e. The lowest BCUT2D eigenvalue weighted by molar-refractivity contribution is 0.0240. The van der Waals surface area contributed by atoms with Crippen LogP contribution in [-0.2, 0) is 4.74 Å². The van der Waals surface area contributed by atoms with Gasteiger partial charge in [0, 0.05) is 44.1 Å². The van der Waals surface area contributed by atoms with E-state index in [1.807, 2.05) is 40.7 Å². The van der Waals surface area contributed by atoms with Gasteiger partial charge in [0.15, 0.2) is 17.3 Å². The molecule has 11 heteroatoms. The van der Waals surface area contributed by atoms with Crippen LogP contribution in [0.3, 0.4) is 0 Å². The van der Waals surface area contributed by atoms with Crippen LogP contribution >= 0.6 is 0 Å². The first kappa shape index (κ1) is 27.7. The quantitative estimate of drug-likeness (QED) is 0.409. The molecule has 4 heterocycles. The normalized spacial score (nSPS) is 14.3. The Hall–Kier alpha value is -3.89. The van der Waals surface area contributed by atoms with Crippen molar-refractivity contribution in [2.45, 2.75) is 47.1 Å². The Labute approximate surface area is 216 Å². The predicted molar refractivity (Wildman–Crippen MR) is 142 cm³/mol. The number of ether oxygens (including phenoxy) is 2. The summed E-state index contributed by atoms with van der Waals surface area (Å²) in [6.45, 7) is 13.6. The lowest BCUT2D eigenvalue weighted by Crippen LogP contribution is -2.50. The number of hydrogen-bond donors (Lipinski definition) is 1. The highest BCUT2D eigenvalue weighted by Crippen LogP contribution is 2.30. The maximum atomic E-state index is 14.4. The first-order valence-electron chi connectivity index (χ1n) is 12.3. The van der Waals surface area contributed by atoms with Crippen LogP contribution in [0.2, 0.25) is 0 Å². The first-order valence-corrected chi connectivity index (χ1v) is 12.3. The highest BCUT2D eigenvalue weighted by Gasteiger charge is 2.27. The molecule has 2 N–H and O–H groups in total. The molecule has 1 aliphatic rings. The minimum atomic E-state index is -0.533. The number of carbonyl (C=O) groups is 1. The highest BCUT2D eigenvalue weighted by atomic mass is 19.1. The van der Waals surface area contributed by atoms with Crippen molar-refractivity contribution in [3.8, 4) is 5.88 Å². The number of rotatable bonds is 4. The zero-order chi connectivity index (χ0) is 27.3. The maximum absolute atomic E-state index is 14.4. The number of pyridine rings is 2. The molecule has 1 amide bonds. The predicted octanol–water partition coefficient (Wildman–Crippen LogP) is 4.31. The molecule has 1 fully saturated rings.